The lowest BCUT2D eigenvalue weighted by molar-refractivity contribution is -0.140. The van der Waals surface area contributed by atoms with Gasteiger partial charge in [0.05, 0.1) is 10.6 Å². The molecular formula is C27H29Cl2N3O4S. The Morgan fingerprint density at radius 3 is 1.95 bits per heavy atom. The van der Waals surface area contributed by atoms with E-state index >= 15 is 0 Å². The number of anilines is 1. The monoisotopic (exact) mass is 561 g/mol. The van der Waals surface area contributed by atoms with Crippen LogP contribution in [-0.4, -0.2) is 44.8 Å². The Hall–Kier alpha value is -3.07. The molecule has 37 heavy (non-hydrogen) atoms. The molecule has 0 radical (unpaired) electrons. The van der Waals surface area contributed by atoms with E-state index in [1.165, 1.54) is 36.2 Å². The van der Waals surface area contributed by atoms with E-state index in [4.69, 9.17) is 23.2 Å². The van der Waals surface area contributed by atoms with Crippen LogP contribution in [0.5, 0.6) is 0 Å². The summed E-state index contributed by atoms with van der Waals surface area (Å²) in [6.07, 6.45) is 0.341. The van der Waals surface area contributed by atoms with E-state index in [0.717, 1.165) is 15.4 Å². The topological polar surface area (TPSA) is 86.8 Å². The number of carbonyl (C=O) groups is 2. The van der Waals surface area contributed by atoms with Crippen molar-refractivity contribution in [3.63, 3.8) is 0 Å². The fraction of sp³-hybridized carbons (Fsp3) is 0.259. The minimum absolute atomic E-state index is 0.00660. The summed E-state index contributed by atoms with van der Waals surface area (Å²) in [7, 11) is -2.64. The zero-order valence-electron chi connectivity index (χ0n) is 20.8. The molecule has 7 nitrogen and oxygen atoms in total. The van der Waals surface area contributed by atoms with Crippen LogP contribution < -0.4 is 9.62 Å². The van der Waals surface area contributed by atoms with E-state index in [0.29, 0.717) is 22.2 Å². The lowest BCUT2D eigenvalue weighted by atomic mass is 10.1. The van der Waals surface area contributed by atoms with Crippen LogP contribution in [0.15, 0.2) is 77.7 Å². The number of hydrogen-bond donors (Lipinski definition) is 1. The third-order valence-corrected chi connectivity index (χ3v) is 8.19. The van der Waals surface area contributed by atoms with Gasteiger partial charge in [-0.15, -0.1) is 0 Å². The summed E-state index contributed by atoms with van der Waals surface area (Å²) in [4.78, 5) is 27.9. The maximum Gasteiger partial charge on any atom is 0.264 e. The number of aryl methyl sites for hydroxylation is 1. The van der Waals surface area contributed by atoms with E-state index in [-0.39, 0.29) is 17.3 Å². The van der Waals surface area contributed by atoms with Gasteiger partial charge < -0.3 is 10.2 Å². The molecule has 1 unspecified atom stereocenters. The number of rotatable bonds is 10. The van der Waals surface area contributed by atoms with Crippen molar-refractivity contribution in [2.75, 3.05) is 17.9 Å². The number of hydrogen-bond acceptors (Lipinski definition) is 4. The molecule has 3 aromatic rings. The summed E-state index contributed by atoms with van der Waals surface area (Å²) < 4.78 is 28.5. The molecule has 1 atom stereocenters. The average molecular weight is 563 g/mol. The SMILES string of the molecule is CCC(C(=O)NC)N(Cc1ccc(Cl)cc1)C(=O)CN(c1ccc(C)cc1)S(=O)(=O)c1ccc(Cl)cc1. The minimum Gasteiger partial charge on any atom is -0.357 e. The molecule has 2 amide bonds. The van der Waals surface area contributed by atoms with E-state index in [2.05, 4.69) is 5.32 Å². The smallest absolute Gasteiger partial charge is 0.264 e. The van der Waals surface area contributed by atoms with Gasteiger partial charge in [0.25, 0.3) is 10.0 Å². The first kappa shape index (κ1) is 28.5. The first-order chi connectivity index (χ1) is 17.6. The van der Waals surface area contributed by atoms with Crippen LogP contribution in [0.1, 0.15) is 24.5 Å². The van der Waals surface area contributed by atoms with Crippen molar-refractivity contribution in [1.82, 2.24) is 10.2 Å². The Bertz CT molecular complexity index is 1330. The van der Waals surface area contributed by atoms with Crippen molar-refractivity contribution in [2.24, 2.45) is 0 Å². The number of benzene rings is 3. The van der Waals surface area contributed by atoms with Crippen molar-refractivity contribution in [2.45, 2.75) is 37.8 Å². The van der Waals surface area contributed by atoms with Crippen molar-refractivity contribution >= 4 is 50.7 Å². The molecule has 1 N–H and O–H groups in total. The number of halogens is 2. The van der Waals surface area contributed by atoms with Gasteiger partial charge in [0.15, 0.2) is 0 Å². The normalized spacial score (nSPS) is 12.0. The number of carbonyl (C=O) groups excluding carboxylic acids is 2. The summed E-state index contributed by atoms with van der Waals surface area (Å²) in [6.45, 7) is 3.28. The number of nitrogens with one attached hydrogen (secondary N) is 1. The van der Waals surface area contributed by atoms with Gasteiger partial charge in [0, 0.05) is 23.6 Å². The lowest BCUT2D eigenvalue weighted by Crippen LogP contribution is -2.51. The maximum absolute atomic E-state index is 13.8. The molecule has 3 aromatic carbocycles. The van der Waals surface area contributed by atoms with Gasteiger partial charge in [-0.3, -0.25) is 13.9 Å². The van der Waals surface area contributed by atoms with Crippen LogP contribution in [0, 0.1) is 6.92 Å². The lowest BCUT2D eigenvalue weighted by Gasteiger charge is -2.33. The predicted octanol–water partition coefficient (Wildman–Crippen LogP) is 5.05. The maximum atomic E-state index is 13.8. The second-order valence-corrected chi connectivity index (χ2v) is 11.2. The highest BCUT2D eigenvalue weighted by Gasteiger charge is 2.33. The molecule has 0 fully saturated rings. The zero-order valence-corrected chi connectivity index (χ0v) is 23.1. The molecule has 3 rings (SSSR count). The van der Waals surface area contributed by atoms with Gasteiger partial charge in [-0.25, -0.2) is 8.42 Å². The van der Waals surface area contributed by atoms with Crippen LogP contribution in [0.25, 0.3) is 0 Å². The molecule has 0 aliphatic carbocycles. The van der Waals surface area contributed by atoms with E-state index in [1.54, 1.807) is 55.5 Å². The number of likely N-dealkylation sites (N-methyl/N-ethyl adjacent to an activating group) is 1. The Labute approximate surface area is 228 Å². The van der Waals surface area contributed by atoms with E-state index in [9.17, 15) is 18.0 Å². The predicted molar refractivity (Wildman–Crippen MR) is 147 cm³/mol. The van der Waals surface area contributed by atoms with E-state index < -0.39 is 28.5 Å². The Morgan fingerprint density at radius 2 is 1.43 bits per heavy atom. The van der Waals surface area contributed by atoms with Gasteiger partial charge in [0.1, 0.15) is 12.6 Å². The highest BCUT2D eigenvalue weighted by Crippen LogP contribution is 2.26. The Kier molecular flexibility index (Phi) is 9.59. The molecule has 0 aliphatic heterocycles. The molecular weight excluding hydrogens is 533 g/mol. The fourth-order valence-corrected chi connectivity index (χ4v) is 5.51. The van der Waals surface area contributed by atoms with Crippen molar-refractivity contribution in [3.05, 3.63) is 94.0 Å². The molecule has 0 heterocycles. The van der Waals surface area contributed by atoms with Gasteiger partial charge in [-0.2, -0.15) is 0 Å². The van der Waals surface area contributed by atoms with Gasteiger partial charge in [-0.1, -0.05) is 60.0 Å². The van der Waals surface area contributed by atoms with E-state index in [1.807, 2.05) is 6.92 Å². The quantitative estimate of drug-likeness (QED) is 0.375. The first-order valence-corrected chi connectivity index (χ1v) is 13.9. The second-order valence-electron chi connectivity index (χ2n) is 8.49. The van der Waals surface area contributed by atoms with Gasteiger partial charge in [-0.05, 0) is 67.4 Å². The molecule has 10 heteroatoms. The molecule has 196 valence electrons. The standard InChI is InChI=1S/C27H29Cl2N3O4S/c1-4-25(27(34)30-3)31(17-20-7-9-21(28)10-8-20)26(33)18-32(23-13-5-19(2)6-14-23)37(35,36)24-15-11-22(29)12-16-24/h5-16,25H,4,17-18H2,1-3H3,(H,30,34). The first-order valence-electron chi connectivity index (χ1n) is 11.7. The highest BCUT2D eigenvalue weighted by atomic mass is 35.5. The van der Waals surface area contributed by atoms with Crippen molar-refractivity contribution in [1.29, 1.82) is 0 Å². The molecule has 0 saturated carbocycles. The molecule has 0 aromatic heterocycles. The molecule has 0 saturated heterocycles. The van der Waals surface area contributed by atoms with Crippen molar-refractivity contribution in [3.8, 4) is 0 Å². The van der Waals surface area contributed by atoms with Crippen LogP contribution in [0.2, 0.25) is 10.0 Å². The zero-order chi connectivity index (χ0) is 27.2. The van der Waals surface area contributed by atoms with Gasteiger partial charge in [0.2, 0.25) is 11.8 Å². The Balaban J connectivity index is 2.04. The van der Waals surface area contributed by atoms with Crippen LogP contribution >= 0.6 is 23.2 Å². The largest absolute Gasteiger partial charge is 0.357 e. The average Bonchev–Trinajstić information content (AvgIpc) is 2.88. The molecule has 0 bridgehead atoms. The third kappa shape index (κ3) is 7.03. The van der Waals surface area contributed by atoms with Crippen LogP contribution in [0.3, 0.4) is 0 Å². The second kappa shape index (κ2) is 12.4. The minimum atomic E-state index is -4.14. The summed E-state index contributed by atoms with van der Waals surface area (Å²) in [5.41, 5.74) is 2.02. The Morgan fingerprint density at radius 1 is 0.892 bits per heavy atom. The summed E-state index contributed by atoms with van der Waals surface area (Å²) in [5.74, 6) is -0.865. The highest BCUT2D eigenvalue weighted by molar-refractivity contribution is 7.92. The van der Waals surface area contributed by atoms with Crippen LogP contribution in [0.4, 0.5) is 5.69 Å². The van der Waals surface area contributed by atoms with Gasteiger partial charge >= 0.3 is 0 Å². The molecule has 0 aliphatic rings. The number of sulfonamides is 1. The molecule has 0 spiro atoms. The van der Waals surface area contributed by atoms with Crippen molar-refractivity contribution < 1.29 is 18.0 Å². The third-order valence-electron chi connectivity index (χ3n) is 5.90. The number of amides is 2. The van der Waals surface area contributed by atoms with Crippen LogP contribution in [-0.2, 0) is 26.2 Å². The summed E-state index contributed by atoms with van der Waals surface area (Å²) in [6, 6.07) is 18.7. The fourth-order valence-electron chi connectivity index (χ4n) is 3.85. The number of nitrogens with zero attached hydrogens (tertiary/aromatic N) is 2. The summed E-state index contributed by atoms with van der Waals surface area (Å²) in [5, 5.41) is 3.53. The summed E-state index contributed by atoms with van der Waals surface area (Å²) >= 11 is 12.0.